The van der Waals surface area contributed by atoms with Crippen molar-refractivity contribution >= 4 is 43.0 Å². The van der Waals surface area contributed by atoms with Crippen molar-refractivity contribution in [2.24, 2.45) is 0 Å². The van der Waals surface area contributed by atoms with Gasteiger partial charge in [0.1, 0.15) is 4.21 Å². The molecule has 3 rings (SSSR count). The Hall–Kier alpha value is -0.890. The Morgan fingerprint density at radius 3 is 2.57 bits per heavy atom. The van der Waals surface area contributed by atoms with Gasteiger partial charge in [-0.15, -0.1) is 11.3 Å². The molecular weight excluding hydrogens is 372 g/mol. The SMILES string of the molecule is O=S(=O)(Nc1ccc2c(c1)CCNCC2)c1ccc(Br)s1. The fourth-order valence-electron chi connectivity index (χ4n) is 2.38. The van der Waals surface area contributed by atoms with Gasteiger partial charge in [0.25, 0.3) is 10.0 Å². The second-order valence-corrected chi connectivity index (χ2v) is 9.27. The van der Waals surface area contributed by atoms with Crippen molar-refractivity contribution in [3.63, 3.8) is 0 Å². The number of sulfonamides is 1. The molecule has 0 amide bonds. The summed E-state index contributed by atoms with van der Waals surface area (Å²) >= 11 is 4.49. The van der Waals surface area contributed by atoms with Crippen molar-refractivity contribution in [3.8, 4) is 0 Å². The highest BCUT2D eigenvalue weighted by Gasteiger charge is 2.17. The summed E-state index contributed by atoms with van der Waals surface area (Å²) in [6, 6.07) is 9.14. The third-order valence-electron chi connectivity index (χ3n) is 3.41. The van der Waals surface area contributed by atoms with Crippen molar-refractivity contribution in [1.29, 1.82) is 0 Å². The van der Waals surface area contributed by atoms with Crippen LogP contribution >= 0.6 is 27.3 Å². The first-order chi connectivity index (χ1) is 10.0. The molecule has 112 valence electrons. The summed E-state index contributed by atoms with van der Waals surface area (Å²) in [6.45, 7) is 1.91. The van der Waals surface area contributed by atoms with Crippen LogP contribution in [0.4, 0.5) is 5.69 Å². The molecule has 2 N–H and O–H groups in total. The molecule has 4 nitrogen and oxygen atoms in total. The Labute approximate surface area is 136 Å². The second kappa shape index (κ2) is 6.08. The minimum Gasteiger partial charge on any atom is -0.316 e. The van der Waals surface area contributed by atoms with E-state index in [1.54, 1.807) is 12.1 Å². The van der Waals surface area contributed by atoms with Crippen molar-refractivity contribution < 1.29 is 8.42 Å². The quantitative estimate of drug-likeness (QED) is 0.852. The van der Waals surface area contributed by atoms with Crippen LogP contribution in [0.15, 0.2) is 38.3 Å². The van der Waals surface area contributed by atoms with Gasteiger partial charge in [-0.25, -0.2) is 8.42 Å². The molecule has 0 fully saturated rings. The van der Waals surface area contributed by atoms with Crippen LogP contribution in [0.5, 0.6) is 0 Å². The van der Waals surface area contributed by atoms with Crippen LogP contribution in [-0.4, -0.2) is 21.5 Å². The van der Waals surface area contributed by atoms with Crippen LogP contribution in [-0.2, 0) is 22.9 Å². The summed E-state index contributed by atoms with van der Waals surface area (Å²) in [7, 11) is -3.51. The summed E-state index contributed by atoms with van der Waals surface area (Å²) < 4.78 is 28.4. The normalized spacial score (nSPS) is 15.3. The third-order valence-corrected chi connectivity index (χ3v) is 6.91. The lowest BCUT2D eigenvalue weighted by molar-refractivity contribution is 0.603. The van der Waals surface area contributed by atoms with Crippen LogP contribution < -0.4 is 10.0 Å². The van der Waals surface area contributed by atoms with Gasteiger partial charge in [0.15, 0.2) is 0 Å². The minimum absolute atomic E-state index is 0.311. The lowest BCUT2D eigenvalue weighted by Gasteiger charge is -2.10. The highest BCUT2D eigenvalue weighted by molar-refractivity contribution is 9.11. The third kappa shape index (κ3) is 3.48. The minimum atomic E-state index is -3.51. The number of anilines is 1. The standard InChI is InChI=1S/C14H15BrN2O2S2/c15-13-3-4-14(20-13)21(18,19)17-12-2-1-10-5-7-16-8-6-11(10)9-12/h1-4,9,16-17H,5-8H2. The van der Waals surface area contributed by atoms with E-state index in [9.17, 15) is 8.42 Å². The molecule has 0 unspecified atom stereocenters. The number of thiophene rings is 1. The van der Waals surface area contributed by atoms with E-state index < -0.39 is 10.0 Å². The van der Waals surface area contributed by atoms with E-state index in [0.29, 0.717) is 9.90 Å². The van der Waals surface area contributed by atoms with Gasteiger partial charge in [-0.1, -0.05) is 6.07 Å². The van der Waals surface area contributed by atoms with E-state index in [4.69, 9.17) is 0 Å². The van der Waals surface area contributed by atoms with Gasteiger partial charge in [0.05, 0.1) is 3.79 Å². The molecule has 1 aliphatic rings. The summed E-state index contributed by atoms with van der Waals surface area (Å²) in [6.07, 6.45) is 1.91. The molecule has 0 saturated heterocycles. The first-order valence-corrected chi connectivity index (χ1v) is 9.74. The number of fused-ring (bicyclic) bond motifs is 1. The number of nitrogens with one attached hydrogen (secondary N) is 2. The van der Waals surface area contributed by atoms with Crippen molar-refractivity contribution in [1.82, 2.24) is 5.32 Å². The van der Waals surface area contributed by atoms with E-state index in [1.165, 1.54) is 22.5 Å². The maximum atomic E-state index is 12.3. The molecule has 21 heavy (non-hydrogen) atoms. The molecule has 1 aliphatic heterocycles. The van der Waals surface area contributed by atoms with Gasteiger partial charge in [-0.3, -0.25) is 4.72 Å². The monoisotopic (exact) mass is 386 g/mol. The molecule has 7 heteroatoms. The topological polar surface area (TPSA) is 58.2 Å². The zero-order chi connectivity index (χ0) is 14.9. The van der Waals surface area contributed by atoms with Crippen molar-refractivity contribution in [3.05, 3.63) is 45.2 Å². The average Bonchev–Trinajstić information content (AvgIpc) is 2.75. The van der Waals surface area contributed by atoms with E-state index >= 15 is 0 Å². The van der Waals surface area contributed by atoms with Gasteiger partial charge < -0.3 is 5.32 Å². The van der Waals surface area contributed by atoms with Crippen LogP contribution in [0, 0.1) is 0 Å². The maximum absolute atomic E-state index is 12.3. The molecule has 0 atom stereocenters. The summed E-state index contributed by atoms with van der Waals surface area (Å²) in [4.78, 5) is 0. The molecule has 2 heterocycles. The molecule has 1 aromatic heterocycles. The molecule has 0 radical (unpaired) electrons. The number of rotatable bonds is 3. The van der Waals surface area contributed by atoms with E-state index in [2.05, 4.69) is 26.0 Å². The zero-order valence-corrected chi connectivity index (χ0v) is 14.4. The van der Waals surface area contributed by atoms with Gasteiger partial charge in [-0.05, 0) is 77.3 Å². The number of hydrogen-bond acceptors (Lipinski definition) is 4. The maximum Gasteiger partial charge on any atom is 0.271 e. The molecule has 0 spiro atoms. The second-order valence-electron chi connectivity index (χ2n) is 4.90. The van der Waals surface area contributed by atoms with Gasteiger partial charge in [0.2, 0.25) is 0 Å². The zero-order valence-electron chi connectivity index (χ0n) is 11.2. The highest BCUT2D eigenvalue weighted by atomic mass is 79.9. The Balaban J connectivity index is 1.86. The number of hydrogen-bond donors (Lipinski definition) is 2. The Morgan fingerprint density at radius 1 is 1.10 bits per heavy atom. The van der Waals surface area contributed by atoms with Crippen molar-refractivity contribution in [2.45, 2.75) is 17.1 Å². The van der Waals surface area contributed by atoms with Crippen LogP contribution in [0.2, 0.25) is 0 Å². The fraction of sp³-hybridized carbons (Fsp3) is 0.286. The molecule has 1 aromatic carbocycles. The molecule has 2 aromatic rings. The number of halogens is 1. The van der Waals surface area contributed by atoms with E-state index in [0.717, 1.165) is 29.7 Å². The first kappa shape index (κ1) is 15.0. The lowest BCUT2D eigenvalue weighted by atomic mass is 10.0. The largest absolute Gasteiger partial charge is 0.316 e. The Bertz CT molecular complexity index is 756. The van der Waals surface area contributed by atoms with Gasteiger partial charge >= 0.3 is 0 Å². The predicted octanol–water partition coefficient (Wildman–Crippen LogP) is 3.00. The van der Waals surface area contributed by atoms with E-state index in [-0.39, 0.29) is 0 Å². The smallest absolute Gasteiger partial charge is 0.271 e. The van der Waals surface area contributed by atoms with Crippen LogP contribution in [0.3, 0.4) is 0 Å². The lowest BCUT2D eigenvalue weighted by Crippen LogP contribution is -2.16. The highest BCUT2D eigenvalue weighted by Crippen LogP contribution is 2.28. The van der Waals surface area contributed by atoms with Gasteiger partial charge in [-0.2, -0.15) is 0 Å². The Kier molecular flexibility index (Phi) is 4.35. The molecule has 0 aliphatic carbocycles. The first-order valence-electron chi connectivity index (χ1n) is 6.65. The van der Waals surface area contributed by atoms with E-state index in [1.807, 2.05) is 18.2 Å². The average molecular weight is 387 g/mol. The predicted molar refractivity (Wildman–Crippen MR) is 89.5 cm³/mol. The number of benzene rings is 1. The molecular formula is C14H15BrN2O2S2. The summed E-state index contributed by atoms with van der Waals surface area (Å²) in [5, 5.41) is 3.35. The summed E-state index contributed by atoms with van der Waals surface area (Å²) in [5.74, 6) is 0. The van der Waals surface area contributed by atoms with Crippen molar-refractivity contribution in [2.75, 3.05) is 17.8 Å². The van der Waals surface area contributed by atoms with Crippen LogP contribution in [0.1, 0.15) is 11.1 Å². The molecule has 0 saturated carbocycles. The molecule has 0 bridgehead atoms. The van der Waals surface area contributed by atoms with Crippen LogP contribution in [0.25, 0.3) is 0 Å². The summed E-state index contributed by atoms with van der Waals surface area (Å²) in [5.41, 5.74) is 3.13. The fourth-order valence-corrected chi connectivity index (χ4v) is 5.44. The Morgan fingerprint density at radius 2 is 1.86 bits per heavy atom. The van der Waals surface area contributed by atoms with Gasteiger partial charge in [0, 0.05) is 5.69 Å².